The Morgan fingerprint density at radius 2 is 2.25 bits per heavy atom. The number of nitrogens with one attached hydrogen (secondary N) is 1. The zero-order valence-corrected chi connectivity index (χ0v) is 4.15. The van der Waals surface area contributed by atoms with Gasteiger partial charge in [0.1, 0.15) is 0 Å². The van der Waals surface area contributed by atoms with Crippen molar-refractivity contribution in [1.82, 2.24) is 15.9 Å². The molecule has 1 rings (SSSR count). The molecule has 8 heavy (non-hydrogen) atoms. The Kier molecular flexibility index (Phi) is 1.45. The minimum absolute atomic E-state index is 0.372. The van der Waals surface area contributed by atoms with E-state index in [2.05, 4.69) is 5.53 Å². The molecule has 0 aromatic heterocycles. The molecule has 0 atom stereocenters. The molecule has 1 aliphatic rings. The van der Waals surface area contributed by atoms with Crippen LogP contribution >= 0.6 is 0 Å². The zero-order valence-electron chi connectivity index (χ0n) is 4.15. The van der Waals surface area contributed by atoms with Crippen molar-refractivity contribution in [3.05, 3.63) is 12.3 Å². The van der Waals surface area contributed by atoms with E-state index in [1.54, 1.807) is 6.08 Å². The molecule has 0 unspecified atom stereocenters. The van der Waals surface area contributed by atoms with Crippen LogP contribution in [0.3, 0.4) is 0 Å². The van der Waals surface area contributed by atoms with E-state index < -0.39 is 0 Å². The number of hydrogen-bond acceptors (Lipinski definition) is 5. The lowest BCUT2D eigenvalue weighted by Gasteiger charge is -2.23. The van der Waals surface area contributed by atoms with Crippen LogP contribution in [0.5, 0.6) is 0 Å². The van der Waals surface area contributed by atoms with Crippen LogP contribution in [-0.4, -0.2) is 27.3 Å². The Labute approximate surface area is 46.3 Å². The first kappa shape index (κ1) is 5.52. The van der Waals surface area contributed by atoms with Gasteiger partial charge < -0.3 is 0 Å². The highest BCUT2D eigenvalue weighted by Gasteiger charge is 2.03. The monoisotopic (exact) mass is 117 g/mol. The Morgan fingerprint density at radius 3 is 2.62 bits per heavy atom. The van der Waals surface area contributed by atoms with E-state index in [1.807, 2.05) is 0 Å². The van der Waals surface area contributed by atoms with Crippen LogP contribution in [-0.2, 0) is 0 Å². The maximum absolute atomic E-state index is 8.55. The molecule has 46 valence electrons. The van der Waals surface area contributed by atoms with Gasteiger partial charge in [-0.25, -0.2) is 0 Å². The summed E-state index contributed by atoms with van der Waals surface area (Å²) in [6, 6.07) is 0. The third-order valence-corrected chi connectivity index (χ3v) is 0.743. The van der Waals surface area contributed by atoms with Gasteiger partial charge in [-0.1, -0.05) is 0 Å². The van der Waals surface area contributed by atoms with E-state index in [1.165, 1.54) is 6.20 Å². The van der Waals surface area contributed by atoms with Gasteiger partial charge in [0.15, 0.2) is 0 Å². The summed E-state index contributed by atoms with van der Waals surface area (Å²) in [6.07, 6.45) is 2.99. The summed E-state index contributed by atoms with van der Waals surface area (Å²) in [5.41, 5.74) is 2.17. The second kappa shape index (κ2) is 2.10. The van der Waals surface area contributed by atoms with E-state index in [-0.39, 0.29) is 0 Å². The minimum atomic E-state index is 0.372. The van der Waals surface area contributed by atoms with Crippen LogP contribution < -0.4 is 5.53 Å². The summed E-state index contributed by atoms with van der Waals surface area (Å²) < 4.78 is 0. The number of hydrazine groups is 2. The van der Waals surface area contributed by atoms with E-state index in [0.29, 0.717) is 11.7 Å². The Balaban J connectivity index is 2.42. The largest absolute Gasteiger partial charge is 0.297 e. The lowest BCUT2D eigenvalue weighted by Crippen LogP contribution is -2.46. The molecule has 5 nitrogen and oxygen atoms in total. The minimum Gasteiger partial charge on any atom is -0.297 e. The maximum Gasteiger partial charge on any atom is 0.0617 e. The third kappa shape index (κ3) is 1.17. The molecular formula is C3H7N3O2. The second-order valence-corrected chi connectivity index (χ2v) is 1.41. The molecule has 0 saturated heterocycles. The molecule has 0 aromatic carbocycles. The lowest BCUT2D eigenvalue weighted by atomic mass is 10.6. The Morgan fingerprint density at radius 1 is 1.50 bits per heavy atom. The number of hydroxylamine groups is 2. The van der Waals surface area contributed by atoms with Crippen LogP contribution in [0.1, 0.15) is 0 Å². The highest BCUT2D eigenvalue weighted by molar-refractivity contribution is 4.81. The first-order valence-corrected chi connectivity index (χ1v) is 2.16. The molecule has 0 bridgehead atoms. The van der Waals surface area contributed by atoms with Gasteiger partial charge in [-0.15, -0.1) is 10.7 Å². The normalized spacial score (nSPS) is 22.0. The van der Waals surface area contributed by atoms with Crippen LogP contribution in [0.2, 0.25) is 0 Å². The highest BCUT2D eigenvalue weighted by Crippen LogP contribution is 1.88. The topological polar surface area (TPSA) is 59.0 Å². The van der Waals surface area contributed by atoms with Gasteiger partial charge in [-0.2, -0.15) is 5.17 Å². The second-order valence-electron chi connectivity index (χ2n) is 1.41. The highest BCUT2D eigenvalue weighted by atomic mass is 16.6. The predicted molar refractivity (Wildman–Crippen MR) is 24.4 cm³/mol. The van der Waals surface area contributed by atoms with Gasteiger partial charge in [-0.05, 0) is 6.08 Å². The number of rotatable bonds is 0. The quantitative estimate of drug-likeness (QED) is 0.392. The molecule has 0 spiro atoms. The van der Waals surface area contributed by atoms with Crippen LogP contribution in [0.4, 0.5) is 0 Å². The van der Waals surface area contributed by atoms with E-state index >= 15 is 0 Å². The van der Waals surface area contributed by atoms with Gasteiger partial charge in [0.25, 0.3) is 0 Å². The van der Waals surface area contributed by atoms with Gasteiger partial charge in [0.2, 0.25) is 0 Å². The van der Waals surface area contributed by atoms with E-state index in [4.69, 9.17) is 10.4 Å². The first-order valence-electron chi connectivity index (χ1n) is 2.16. The summed E-state index contributed by atoms with van der Waals surface area (Å²) >= 11 is 0. The maximum atomic E-state index is 8.55. The zero-order chi connectivity index (χ0) is 5.98. The molecule has 5 heteroatoms. The van der Waals surface area contributed by atoms with Crippen molar-refractivity contribution in [3.8, 4) is 0 Å². The van der Waals surface area contributed by atoms with Crippen LogP contribution in [0, 0.1) is 0 Å². The summed E-state index contributed by atoms with van der Waals surface area (Å²) in [4.78, 5) is 0. The van der Waals surface area contributed by atoms with Crippen molar-refractivity contribution < 1.29 is 10.4 Å². The van der Waals surface area contributed by atoms with Gasteiger partial charge in [-0.3, -0.25) is 10.4 Å². The summed E-state index contributed by atoms with van der Waals surface area (Å²) in [7, 11) is 0. The SMILES string of the molecule is ON1C=CCN(O)N1. The van der Waals surface area contributed by atoms with E-state index in [9.17, 15) is 0 Å². The van der Waals surface area contributed by atoms with E-state index in [0.717, 1.165) is 5.17 Å². The Hall–Kier alpha value is -0.620. The molecule has 3 N–H and O–H groups in total. The predicted octanol–water partition coefficient (Wildman–Crippen LogP) is -0.684. The van der Waals surface area contributed by atoms with Crippen LogP contribution in [0.15, 0.2) is 12.3 Å². The first-order chi connectivity index (χ1) is 3.79. The molecule has 1 aliphatic heterocycles. The molecule has 0 aromatic rings. The summed E-state index contributed by atoms with van der Waals surface area (Å²) in [6.45, 7) is 0.372. The Bertz CT molecular complexity index is 105. The average molecular weight is 117 g/mol. The van der Waals surface area contributed by atoms with Gasteiger partial charge >= 0.3 is 0 Å². The fourth-order valence-electron chi connectivity index (χ4n) is 0.439. The molecule has 1 heterocycles. The molecule has 0 aliphatic carbocycles. The van der Waals surface area contributed by atoms with Crippen molar-refractivity contribution >= 4 is 0 Å². The fraction of sp³-hybridized carbons (Fsp3) is 0.333. The number of hydrogen-bond donors (Lipinski definition) is 3. The standard InChI is InChI=1S/C3H7N3O2/c7-5-2-1-3-6(8)4-5/h1-2,4,7-8H,3H2. The summed E-state index contributed by atoms with van der Waals surface area (Å²) in [5.74, 6) is 0. The van der Waals surface area contributed by atoms with Crippen LogP contribution in [0.25, 0.3) is 0 Å². The molecule has 0 amide bonds. The third-order valence-electron chi connectivity index (χ3n) is 0.743. The smallest absolute Gasteiger partial charge is 0.0617 e. The molecule has 0 fully saturated rings. The molecular weight excluding hydrogens is 110 g/mol. The average Bonchev–Trinajstić information content (AvgIpc) is 1.64. The van der Waals surface area contributed by atoms with Crippen molar-refractivity contribution in [2.45, 2.75) is 0 Å². The van der Waals surface area contributed by atoms with Crippen molar-refractivity contribution in [1.29, 1.82) is 0 Å². The number of nitrogens with zero attached hydrogens (tertiary/aromatic N) is 2. The van der Waals surface area contributed by atoms with Crippen molar-refractivity contribution in [3.63, 3.8) is 0 Å². The van der Waals surface area contributed by atoms with Crippen molar-refractivity contribution in [2.24, 2.45) is 0 Å². The lowest BCUT2D eigenvalue weighted by molar-refractivity contribution is -0.253. The molecule has 0 saturated carbocycles. The summed E-state index contributed by atoms with van der Waals surface area (Å²) in [5, 5.41) is 18.5. The van der Waals surface area contributed by atoms with Crippen molar-refractivity contribution in [2.75, 3.05) is 6.54 Å². The fourth-order valence-corrected chi connectivity index (χ4v) is 0.439. The van der Waals surface area contributed by atoms with Gasteiger partial charge in [0.05, 0.1) is 6.54 Å². The van der Waals surface area contributed by atoms with Gasteiger partial charge in [0, 0.05) is 6.20 Å². The molecule has 0 radical (unpaired) electrons.